The Balaban J connectivity index is 1.45. The highest BCUT2D eigenvalue weighted by molar-refractivity contribution is 6.42. The van der Waals surface area contributed by atoms with Gasteiger partial charge in [-0.2, -0.15) is 0 Å². The summed E-state index contributed by atoms with van der Waals surface area (Å²) in [5.74, 6) is -0.833. The van der Waals surface area contributed by atoms with Gasteiger partial charge >= 0.3 is 0 Å². The van der Waals surface area contributed by atoms with Gasteiger partial charge in [0, 0.05) is 17.3 Å². The van der Waals surface area contributed by atoms with Crippen molar-refractivity contribution < 1.29 is 19.1 Å². The molecule has 1 heterocycles. The molecule has 0 aromatic heterocycles. The van der Waals surface area contributed by atoms with E-state index in [2.05, 4.69) is 10.6 Å². The molecule has 2 N–H and O–H groups in total. The third-order valence-electron chi connectivity index (χ3n) is 4.48. The number of imide groups is 1. The summed E-state index contributed by atoms with van der Waals surface area (Å²) < 4.78 is 5.76. The summed E-state index contributed by atoms with van der Waals surface area (Å²) in [5.41, 5.74) is 2.08. The number of carbonyl (C=O) groups excluding carboxylic acids is 3. The molecule has 0 saturated heterocycles. The van der Waals surface area contributed by atoms with Gasteiger partial charge in [0.2, 0.25) is 0 Å². The Labute approximate surface area is 181 Å². The van der Waals surface area contributed by atoms with Crippen molar-refractivity contribution in [2.24, 2.45) is 0 Å². The van der Waals surface area contributed by atoms with E-state index in [9.17, 15) is 14.4 Å². The van der Waals surface area contributed by atoms with E-state index < -0.39 is 17.7 Å². The van der Waals surface area contributed by atoms with Crippen molar-refractivity contribution in [1.82, 2.24) is 5.32 Å². The lowest BCUT2D eigenvalue weighted by molar-refractivity contribution is 0.0879. The minimum atomic E-state index is -0.512. The molecule has 1 aliphatic heterocycles. The van der Waals surface area contributed by atoms with Crippen LogP contribution in [0.15, 0.2) is 60.7 Å². The summed E-state index contributed by atoms with van der Waals surface area (Å²) in [7, 11) is 0. The predicted octanol–water partition coefficient (Wildman–Crippen LogP) is 4.71. The Morgan fingerprint density at radius 1 is 0.900 bits per heavy atom. The second-order valence-electron chi connectivity index (χ2n) is 6.56. The molecule has 3 aromatic rings. The van der Waals surface area contributed by atoms with E-state index in [0.717, 1.165) is 5.56 Å². The van der Waals surface area contributed by atoms with Crippen LogP contribution in [0.1, 0.15) is 36.6 Å². The first-order valence-electron chi connectivity index (χ1n) is 8.88. The van der Waals surface area contributed by atoms with Crippen molar-refractivity contribution in [3.63, 3.8) is 0 Å². The van der Waals surface area contributed by atoms with Crippen LogP contribution < -0.4 is 15.4 Å². The Morgan fingerprint density at radius 2 is 1.70 bits per heavy atom. The Bertz CT molecular complexity index is 1190. The smallest absolute Gasteiger partial charge is 0.258 e. The van der Waals surface area contributed by atoms with Crippen LogP contribution in [0, 0.1) is 0 Å². The van der Waals surface area contributed by atoms with Crippen molar-refractivity contribution >= 4 is 46.6 Å². The molecule has 0 saturated carbocycles. The van der Waals surface area contributed by atoms with E-state index in [1.54, 1.807) is 36.4 Å². The second-order valence-corrected chi connectivity index (χ2v) is 7.38. The Kier molecular flexibility index (Phi) is 5.44. The first-order valence-corrected chi connectivity index (χ1v) is 9.64. The maximum atomic E-state index is 12.6. The summed E-state index contributed by atoms with van der Waals surface area (Å²) in [6, 6.07) is 16.5. The van der Waals surface area contributed by atoms with Crippen molar-refractivity contribution in [2.75, 3.05) is 5.32 Å². The predicted molar refractivity (Wildman–Crippen MR) is 113 cm³/mol. The van der Waals surface area contributed by atoms with Gasteiger partial charge in [0.1, 0.15) is 12.4 Å². The van der Waals surface area contributed by atoms with Crippen LogP contribution in [-0.4, -0.2) is 17.7 Å². The fourth-order valence-electron chi connectivity index (χ4n) is 2.97. The highest BCUT2D eigenvalue weighted by Crippen LogP contribution is 2.25. The van der Waals surface area contributed by atoms with E-state index in [1.165, 1.54) is 18.2 Å². The minimum Gasteiger partial charge on any atom is -0.489 e. The van der Waals surface area contributed by atoms with Gasteiger partial charge in [0.05, 0.1) is 21.2 Å². The number of nitrogens with one attached hydrogen (secondary N) is 2. The topological polar surface area (TPSA) is 84.5 Å². The van der Waals surface area contributed by atoms with Crippen LogP contribution in [0.2, 0.25) is 10.0 Å². The average Bonchev–Trinajstić information content (AvgIpc) is 3.02. The van der Waals surface area contributed by atoms with Gasteiger partial charge < -0.3 is 10.1 Å². The van der Waals surface area contributed by atoms with Gasteiger partial charge in [-0.05, 0) is 48.0 Å². The first-order chi connectivity index (χ1) is 14.4. The van der Waals surface area contributed by atoms with E-state index in [4.69, 9.17) is 27.9 Å². The molecule has 0 atom stereocenters. The van der Waals surface area contributed by atoms with Gasteiger partial charge in [-0.1, -0.05) is 35.3 Å². The lowest BCUT2D eigenvalue weighted by Gasteiger charge is -2.10. The van der Waals surface area contributed by atoms with Gasteiger partial charge in [0.25, 0.3) is 17.7 Å². The number of carbonyl (C=O) groups is 3. The van der Waals surface area contributed by atoms with Gasteiger partial charge in [0.15, 0.2) is 0 Å². The molecule has 4 rings (SSSR count). The minimum absolute atomic E-state index is 0.186. The zero-order valence-electron chi connectivity index (χ0n) is 15.4. The summed E-state index contributed by atoms with van der Waals surface area (Å²) >= 11 is 11.9. The zero-order chi connectivity index (χ0) is 21.3. The molecule has 3 aromatic carbocycles. The van der Waals surface area contributed by atoms with Crippen molar-refractivity contribution in [1.29, 1.82) is 0 Å². The van der Waals surface area contributed by atoms with Gasteiger partial charge in [-0.15, -0.1) is 0 Å². The molecule has 0 fully saturated rings. The van der Waals surface area contributed by atoms with Gasteiger partial charge in [-0.3, -0.25) is 19.7 Å². The van der Waals surface area contributed by atoms with Crippen LogP contribution in [0.4, 0.5) is 5.69 Å². The summed E-state index contributed by atoms with van der Waals surface area (Å²) in [6.07, 6.45) is 0. The molecule has 0 spiro atoms. The number of halogens is 2. The number of benzene rings is 3. The third kappa shape index (κ3) is 4.15. The number of anilines is 1. The standard InChI is InChI=1S/C22H14Cl2N2O4/c23-18-7-4-12(8-19(18)24)11-30-15-3-1-2-14(10-15)25-20(27)13-5-6-16-17(9-13)22(29)26-21(16)28/h1-10H,11H2,(H,25,27)(H,26,28,29). The molecular weight excluding hydrogens is 427 g/mol. The molecular formula is C22H14Cl2N2O4. The van der Waals surface area contributed by atoms with E-state index in [1.807, 2.05) is 6.07 Å². The molecule has 1 aliphatic rings. The van der Waals surface area contributed by atoms with Crippen LogP contribution in [0.5, 0.6) is 5.75 Å². The normalized spacial score (nSPS) is 12.3. The van der Waals surface area contributed by atoms with Crippen LogP contribution in [0.3, 0.4) is 0 Å². The number of rotatable bonds is 5. The highest BCUT2D eigenvalue weighted by Gasteiger charge is 2.27. The number of hydrogen-bond acceptors (Lipinski definition) is 4. The lowest BCUT2D eigenvalue weighted by atomic mass is 10.1. The largest absolute Gasteiger partial charge is 0.489 e. The molecule has 30 heavy (non-hydrogen) atoms. The van der Waals surface area contributed by atoms with E-state index in [0.29, 0.717) is 21.5 Å². The summed E-state index contributed by atoms with van der Waals surface area (Å²) in [5, 5.41) is 5.87. The molecule has 0 aliphatic carbocycles. The molecule has 0 radical (unpaired) electrons. The van der Waals surface area contributed by atoms with E-state index >= 15 is 0 Å². The number of hydrogen-bond donors (Lipinski definition) is 2. The molecule has 0 unspecified atom stereocenters. The van der Waals surface area contributed by atoms with Crippen LogP contribution in [-0.2, 0) is 6.61 Å². The number of fused-ring (bicyclic) bond motifs is 1. The fraction of sp³-hybridized carbons (Fsp3) is 0.0455. The van der Waals surface area contributed by atoms with Crippen molar-refractivity contribution in [3.05, 3.63) is 93.0 Å². The molecule has 6 nitrogen and oxygen atoms in total. The molecule has 150 valence electrons. The second kappa shape index (κ2) is 8.18. The first kappa shape index (κ1) is 19.9. The average molecular weight is 441 g/mol. The SMILES string of the molecule is O=C(Nc1cccc(OCc2ccc(Cl)c(Cl)c2)c1)c1ccc2c(c1)C(=O)NC2=O. The van der Waals surface area contributed by atoms with E-state index in [-0.39, 0.29) is 23.3 Å². The fourth-order valence-corrected chi connectivity index (χ4v) is 3.29. The number of ether oxygens (including phenoxy) is 1. The number of amides is 3. The summed E-state index contributed by atoms with van der Waals surface area (Å²) in [6.45, 7) is 0.280. The van der Waals surface area contributed by atoms with Crippen molar-refractivity contribution in [2.45, 2.75) is 6.61 Å². The summed E-state index contributed by atoms with van der Waals surface area (Å²) in [4.78, 5) is 36.0. The Hall–Kier alpha value is -3.35. The zero-order valence-corrected chi connectivity index (χ0v) is 16.9. The monoisotopic (exact) mass is 440 g/mol. The van der Waals surface area contributed by atoms with Gasteiger partial charge in [-0.25, -0.2) is 0 Å². The quantitative estimate of drug-likeness (QED) is 0.562. The Morgan fingerprint density at radius 3 is 2.50 bits per heavy atom. The third-order valence-corrected chi connectivity index (χ3v) is 5.22. The van der Waals surface area contributed by atoms with Crippen LogP contribution >= 0.6 is 23.2 Å². The lowest BCUT2D eigenvalue weighted by Crippen LogP contribution is -2.19. The maximum Gasteiger partial charge on any atom is 0.258 e. The maximum absolute atomic E-state index is 12.6. The van der Waals surface area contributed by atoms with Crippen LogP contribution in [0.25, 0.3) is 0 Å². The molecule has 0 bridgehead atoms. The molecule has 3 amide bonds. The van der Waals surface area contributed by atoms with Crippen molar-refractivity contribution in [3.8, 4) is 5.75 Å². The molecule has 8 heteroatoms. The highest BCUT2D eigenvalue weighted by atomic mass is 35.5.